The zero-order chi connectivity index (χ0) is 13.1. The summed E-state index contributed by atoms with van der Waals surface area (Å²) in [5, 5.41) is 11.5. The lowest BCUT2D eigenvalue weighted by Crippen LogP contribution is -2.46. The molecule has 0 radical (unpaired) electrons. The average Bonchev–Trinajstić information content (AvgIpc) is 2.63. The second-order valence-electron chi connectivity index (χ2n) is 5.13. The standard InChI is InChI=1S/C12H19NO4/c1-12(2,3)17-11(16)13-9(10(14)15)8-6-4-5-7-8/h4,6,8-9H,5,7H2,1-3H3,(H,13,16)(H,14,15)/t8-,9+/m1/s1. The van der Waals surface area contributed by atoms with Gasteiger partial charge >= 0.3 is 12.1 Å². The fourth-order valence-electron chi connectivity index (χ4n) is 1.72. The highest BCUT2D eigenvalue weighted by molar-refractivity contribution is 5.80. The first-order valence-corrected chi connectivity index (χ1v) is 5.68. The second-order valence-corrected chi connectivity index (χ2v) is 5.13. The molecule has 0 fully saturated rings. The number of ether oxygens (including phenoxy) is 1. The van der Waals surface area contributed by atoms with Crippen molar-refractivity contribution in [1.29, 1.82) is 0 Å². The topological polar surface area (TPSA) is 75.6 Å². The van der Waals surface area contributed by atoms with Crippen LogP contribution in [0.4, 0.5) is 4.79 Å². The van der Waals surface area contributed by atoms with Crippen LogP contribution in [-0.2, 0) is 9.53 Å². The van der Waals surface area contributed by atoms with E-state index in [0.29, 0.717) is 0 Å². The predicted octanol–water partition coefficient (Wildman–Crippen LogP) is 1.93. The van der Waals surface area contributed by atoms with Gasteiger partial charge in [-0.15, -0.1) is 0 Å². The molecule has 5 heteroatoms. The normalized spacial score (nSPS) is 21.0. The van der Waals surface area contributed by atoms with Gasteiger partial charge in [-0.3, -0.25) is 0 Å². The Kier molecular flexibility index (Phi) is 4.15. The summed E-state index contributed by atoms with van der Waals surface area (Å²) in [5.41, 5.74) is -0.626. The van der Waals surface area contributed by atoms with E-state index in [0.717, 1.165) is 12.8 Å². The number of nitrogens with one attached hydrogen (secondary N) is 1. The number of amides is 1. The second kappa shape index (κ2) is 5.21. The number of hydrogen-bond donors (Lipinski definition) is 2. The minimum Gasteiger partial charge on any atom is -0.480 e. The molecular weight excluding hydrogens is 222 g/mol. The Bertz CT molecular complexity index is 330. The van der Waals surface area contributed by atoms with Crippen molar-refractivity contribution in [3.63, 3.8) is 0 Å². The van der Waals surface area contributed by atoms with Crippen molar-refractivity contribution in [2.45, 2.75) is 45.3 Å². The molecule has 1 aliphatic carbocycles. The molecule has 0 aromatic carbocycles. The van der Waals surface area contributed by atoms with E-state index in [2.05, 4.69) is 5.32 Å². The molecule has 17 heavy (non-hydrogen) atoms. The fraction of sp³-hybridized carbons (Fsp3) is 0.667. The van der Waals surface area contributed by atoms with E-state index in [9.17, 15) is 9.59 Å². The lowest BCUT2D eigenvalue weighted by molar-refractivity contribution is -0.140. The minimum atomic E-state index is -1.03. The summed E-state index contributed by atoms with van der Waals surface area (Å²) in [4.78, 5) is 22.6. The van der Waals surface area contributed by atoms with E-state index in [1.54, 1.807) is 20.8 Å². The Morgan fingerprint density at radius 2 is 2.12 bits per heavy atom. The number of carboxylic acids is 1. The van der Waals surface area contributed by atoms with Crippen molar-refractivity contribution < 1.29 is 19.4 Å². The molecule has 1 amide bonds. The number of rotatable bonds is 3. The van der Waals surface area contributed by atoms with Crippen LogP contribution in [0.15, 0.2) is 12.2 Å². The highest BCUT2D eigenvalue weighted by atomic mass is 16.6. The molecule has 1 rings (SSSR count). The maximum Gasteiger partial charge on any atom is 0.408 e. The third-order valence-electron chi connectivity index (χ3n) is 2.42. The van der Waals surface area contributed by atoms with Crippen LogP contribution in [0, 0.1) is 5.92 Å². The third-order valence-corrected chi connectivity index (χ3v) is 2.42. The van der Waals surface area contributed by atoms with E-state index in [1.165, 1.54) is 0 Å². The van der Waals surface area contributed by atoms with Crippen LogP contribution in [0.3, 0.4) is 0 Å². The predicted molar refractivity (Wildman–Crippen MR) is 62.7 cm³/mol. The summed E-state index contributed by atoms with van der Waals surface area (Å²) >= 11 is 0. The molecule has 0 heterocycles. The lowest BCUT2D eigenvalue weighted by atomic mass is 10.00. The van der Waals surface area contributed by atoms with E-state index >= 15 is 0 Å². The molecule has 0 aliphatic heterocycles. The van der Waals surface area contributed by atoms with Crippen LogP contribution >= 0.6 is 0 Å². The highest BCUT2D eigenvalue weighted by Crippen LogP contribution is 2.21. The van der Waals surface area contributed by atoms with Crippen molar-refractivity contribution in [3.8, 4) is 0 Å². The maximum atomic E-state index is 11.5. The van der Waals surface area contributed by atoms with Gasteiger partial charge in [0.2, 0.25) is 0 Å². The van der Waals surface area contributed by atoms with E-state index < -0.39 is 23.7 Å². The molecule has 0 aromatic rings. The third kappa shape index (κ3) is 4.46. The molecule has 5 nitrogen and oxygen atoms in total. The number of allylic oxidation sites excluding steroid dienone is 1. The summed E-state index contributed by atoms with van der Waals surface area (Å²) in [5.74, 6) is -1.19. The first kappa shape index (κ1) is 13.5. The zero-order valence-electron chi connectivity index (χ0n) is 10.4. The van der Waals surface area contributed by atoms with Gasteiger partial charge in [-0.25, -0.2) is 9.59 Å². The largest absolute Gasteiger partial charge is 0.480 e. The average molecular weight is 241 g/mol. The summed E-state index contributed by atoms with van der Waals surface area (Å²) in [6.07, 6.45) is 4.66. The smallest absolute Gasteiger partial charge is 0.408 e. The van der Waals surface area contributed by atoms with Gasteiger partial charge in [-0.1, -0.05) is 12.2 Å². The number of carbonyl (C=O) groups excluding carboxylic acids is 1. The van der Waals surface area contributed by atoms with E-state index in [1.807, 2.05) is 12.2 Å². The Balaban J connectivity index is 2.58. The van der Waals surface area contributed by atoms with Gasteiger partial charge in [-0.2, -0.15) is 0 Å². The summed E-state index contributed by atoms with van der Waals surface area (Å²) in [7, 11) is 0. The molecule has 0 aromatic heterocycles. The number of carbonyl (C=O) groups is 2. The SMILES string of the molecule is CC(C)(C)OC(=O)N[C@H](C(=O)O)[C@@H]1C=CCC1. The molecule has 0 spiro atoms. The fourth-order valence-corrected chi connectivity index (χ4v) is 1.72. The minimum absolute atomic E-state index is 0.153. The molecular formula is C12H19NO4. The Morgan fingerprint density at radius 1 is 1.47 bits per heavy atom. The summed E-state index contributed by atoms with van der Waals surface area (Å²) in [6, 6.07) is -0.913. The number of alkyl carbamates (subject to hydrolysis) is 1. The number of aliphatic carboxylic acids is 1. The van der Waals surface area contributed by atoms with Gasteiger partial charge in [0.1, 0.15) is 11.6 Å². The molecule has 2 atom stereocenters. The molecule has 0 saturated carbocycles. The molecule has 2 N–H and O–H groups in total. The molecule has 0 unspecified atom stereocenters. The quantitative estimate of drug-likeness (QED) is 0.740. The van der Waals surface area contributed by atoms with Gasteiger partial charge in [0.15, 0.2) is 0 Å². The van der Waals surface area contributed by atoms with Gasteiger partial charge in [-0.05, 0) is 33.6 Å². The van der Waals surface area contributed by atoms with Crippen LogP contribution in [0.1, 0.15) is 33.6 Å². The molecule has 96 valence electrons. The highest BCUT2D eigenvalue weighted by Gasteiger charge is 2.30. The van der Waals surface area contributed by atoms with E-state index in [4.69, 9.17) is 9.84 Å². The molecule has 0 bridgehead atoms. The molecule has 0 saturated heterocycles. The van der Waals surface area contributed by atoms with Crippen LogP contribution in [0.2, 0.25) is 0 Å². The Hall–Kier alpha value is -1.52. The van der Waals surface area contributed by atoms with Crippen LogP contribution in [0.25, 0.3) is 0 Å². The van der Waals surface area contributed by atoms with Gasteiger partial charge in [0, 0.05) is 5.92 Å². The molecule has 1 aliphatic rings. The van der Waals surface area contributed by atoms with Crippen LogP contribution in [-0.4, -0.2) is 28.8 Å². The van der Waals surface area contributed by atoms with Crippen LogP contribution < -0.4 is 5.32 Å². The Morgan fingerprint density at radius 3 is 2.53 bits per heavy atom. The first-order chi connectivity index (χ1) is 7.79. The van der Waals surface area contributed by atoms with Crippen molar-refractivity contribution in [1.82, 2.24) is 5.32 Å². The van der Waals surface area contributed by atoms with Crippen molar-refractivity contribution in [2.75, 3.05) is 0 Å². The van der Waals surface area contributed by atoms with E-state index in [-0.39, 0.29) is 5.92 Å². The summed E-state index contributed by atoms with van der Waals surface area (Å²) in [6.45, 7) is 5.20. The van der Waals surface area contributed by atoms with Gasteiger partial charge < -0.3 is 15.2 Å². The maximum absolute atomic E-state index is 11.5. The monoisotopic (exact) mass is 241 g/mol. The van der Waals surface area contributed by atoms with Gasteiger partial charge in [0.05, 0.1) is 0 Å². The van der Waals surface area contributed by atoms with Gasteiger partial charge in [0.25, 0.3) is 0 Å². The first-order valence-electron chi connectivity index (χ1n) is 5.68. The zero-order valence-corrected chi connectivity index (χ0v) is 10.4. The van der Waals surface area contributed by atoms with Crippen molar-refractivity contribution in [3.05, 3.63) is 12.2 Å². The summed E-state index contributed by atoms with van der Waals surface area (Å²) < 4.78 is 5.04. The number of hydrogen-bond acceptors (Lipinski definition) is 3. The van der Waals surface area contributed by atoms with Crippen molar-refractivity contribution >= 4 is 12.1 Å². The van der Waals surface area contributed by atoms with Crippen LogP contribution in [0.5, 0.6) is 0 Å². The Labute approximate surface area is 101 Å². The lowest BCUT2D eigenvalue weighted by Gasteiger charge is -2.24. The van der Waals surface area contributed by atoms with Crippen molar-refractivity contribution in [2.24, 2.45) is 5.92 Å². The number of carboxylic acid groups (broad SMARTS) is 1.